The van der Waals surface area contributed by atoms with Crippen molar-refractivity contribution in [2.75, 3.05) is 27.3 Å². The van der Waals surface area contributed by atoms with Crippen LogP contribution in [0.5, 0.6) is 0 Å². The van der Waals surface area contributed by atoms with Crippen LogP contribution in [0.1, 0.15) is 70.7 Å². The van der Waals surface area contributed by atoms with Crippen molar-refractivity contribution in [2.24, 2.45) is 11.8 Å². The van der Waals surface area contributed by atoms with Gasteiger partial charge in [-0.3, -0.25) is 9.59 Å². The highest BCUT2D eigenvalue weighted by atomic mass is 16.5. The molecule has 2 aromatic heterocycles. The molecule has 0 bridgehead atoms. The predicted molar refractivity (Wildman–Crippen MR) is 199 cm³/mol. The molecule has 4 unspecified atom stereocenters. The summed E-state index contributed by atoms with van der Waals surface area (Å²) in [5.41, 5.74) is 6.16. The zero-order chi connectivity index (χ0) is 38.0. The molecule has 4 heterocycles. The third-order valence-corrected chi connectivity index (χ3v) is 10.2. The number of imidazole rings is 2. The molecule has 0 saturated carbocycles. The molecule has 4 aromatic rings. The lowest BCUT2D eigenvalue weighted by Crippen LogP contribution is -2.51. The van der Waals surface area contributed by atoms with Crippen LogP contribution in [0.4, 0.5) is 9.59 Å². The minimum atomic E-state index is -0.753. The fourth-order valence-corrected chi connectivity index (χ4v) is 7.26. The van der Waals surface area contributed by atoms with E-state index >= 15 is 0 Å². The highest BCUT2D eigenvalue weighted by Gasteiger charge is 2.40. The van der Waals surface area contributed by atoms with E-state index in [0.29, 0.717) is 31.2 Å². The maximum absolute atomic E-state index is 13.7. The minimum absolute atomic E-state index is 0.120. The topological polar surface area (TPSA) is 175 Å². The van der Waals surface area contributed by atoms with E-state index < -0.39 is 30.3 Å². The normalized spacial score (nSPS) is 18.5. The lowest BCUT2D eigenvalue weighted by atomic mass is 10.0. The first-order valence-electron chi connectivity index (χ1n) is 18.0. The Morgan fingerprint density at radius 3 is 2.13 bits per heavy atom. The number of ether oxygens (including phenoxy) is 2. The maximum Gasteiger partial charge on any atom is 0.407 e. The first kappa shape index (κ1) is 37.1. The Bertz CT molecular complexity index is 2020. The number of hydrogen-bond donors (Lipinski definition) is 4. The van der Waals surface area contributed by atoms with E-state index in [-0.39, 0.29) is 29.7 Å². The van der Waals surface area contributed by atoms with Crippen LogP contribution in [0.2, 0.25) is 0 Å². The lowest BCUT2D eigenvalue weighted by Gasteiger charge is -2.30. The number of amides is 4. The fourth-order valence-electron chi connectivity index (χ4n) is 7.26. The van der Waals surface area contributed by atoms with Crippen molar-refractivity contribution in [3.05, 3.63) is 72.5 Å². The Kier molecular flexibility index (Phi) is 10.9. The van der Waals surface area contributed by atoms with E-state index in [1.165, 1.54) is 14.2 Å². The van der Waals surface area contributed by atoms with Gasteiger partial charge >= 0.3 is 12.2 Å². The highest BCUT2D eigenvalue weighted by Crippen LogP contribution is 2.37. The molecule has 4 N–H and O–H groups in total. The molecule has 6 rings (SSSR count). The summed E-state index contributed by atoms with van der Waals surface area (Å²) < 4.78 is 9.53. The monoisotopic (exact) mass is 724 g/mol. The number of rotatable bonds is 10. The highest BCUT2D eigenvalue weighted by molar-refractivity contribution is 5.88. The Morgan fingerprint density at radius 1 is 0.830 bits per heavy atom. The number of methoxy groups -OCH3 is 2. The summed E-state index contributed by atoms with van der Waals surface area (Å²) in [6, 6.07) is 12.0. The van der Waals surface area contributed by atoms with Crippen LogP contribution < -0.4 is 10.6 Å². The number of likely N-dealkylation sites (tertiary alicyclic amines) is 2. The van der Waals surface area contributed by atoms with Crippen molar-refractivity contribution in [3.63, 3.8) is 0 Å². The number of benzene rings is 2. The molecule has 4 atom stereocenters. The Morgan fingerprint density at radius 2 is 1.47 bits per heavy atom. The minimum Gasteiger partial charge on any atom is -0.453 e. The quantitative estimate of drug-likeness (QED) is 0.147. The SMILES string of the molecule is C=C1CCN(C(=O)C(NC(=O)OC)C(C)C)C1c1nc2ccc(-c3cccc(-c4cnc(C5CCCN5C(=O)C(NC(=O)OC)C(C)C)[nH]4)c3)cc2[nH]1. The summed E-state index contributed by atoms with van der Waals surface area (Å²) in [6.45, 7) is 12.8. The summed E-state index contributed by atoms with van der Waals surface area (Å²) in [7, 11) is 2.56. The molecule has 2 fully saturated rings. The van der Waals surface area contributed by atoms with Gasteiger partial charge in [0.2, 0.25) is 11.8 Å². The molecule has 14 heteroatoms. The van der Waals surface area contributed by atoms with E-state index in [1.54, 1.807) is 16.0 Å². The lowest BCUT2D eigenvalue weighted by molar-refractivity contribution is -0.136. The van der Waals surface area contributed by atoms with Crippen LogP contribution in [-0.4, -0.2) is 93.1 Å². The Labute approximate surface area is 308 Å². The second-order valence-corrected chi connectivity index (χ2v) is 14.4. The first-order chi connectivity index (χ1) is 25.4. The van der Waals surface area contributed by atoms with Crippen molar-refractivity contribution < 1.29 is 28.7 Å². The molecule has 280 valence electrons. The van der Waals surface area contributed by atoms with E-state index in [0.717, 1.165) is 51.8 Å². The summed E-state index contributed by atoms with van der Waals surface area (Å²) in [5.74, 6) is 0.677. The predicted octanol–water partition coefficient (Wildman–Crippen LogP) is 5.87. The second-order valence-electron chi connectivity index (χ2n) is 14.4. The number of fused-ring (bicyclic) bond motifs is 1. The fraction of sp³-hybridized carbons (Fsp3) is 0.436. The van der Waals surface area contributed by atoms with Crippen molar-refractivity contribution in [3.8, 4) is 22.4 Å². The van der Waals surface area contributed by atoms with Crippen molar-refractivity contribution in [1.82, 2.24) is 40.4 Å². The number of aromatic amines is 2. The number of hydrogen-bond acceptors (Lipinski definition) is 8. The molecule has 2 aliphatic rings. The van der Waals surface area contributed by atoms with E-state index in [2.05, 4.69) is 33.2 Å². The van der Waals surface area contributed by atoms with Gasteiger partial charge in [0.15, 0.2) is 0 Å². The van der Waals surface area contributed by atoms with Gasteiger partial charge in [-0.25, -0.2) is 19.6 Å². The molecular weight excluding hydrogens is 676 g/mol. The van der Waals surface area contributed by atoms with Crippen LogP contribution in [0.15, 0.2) is 60.8 Å². The van der Waals surface area contributed by atoms with Crippen LogP contribution in [-0.2, 0) is 19.1 Å². The van der Waals surface area contributed by atoms with Crippen LogP contribution in [0, 0.1) is 11.8 Å². The zero-order valence-electron chi connectivity index (χ0n) is 31.1. The molecule has 14 nitrogen and oxygen atoms in total. The van der Waals surface area contributed by atoms with Crippen LogP contribution in [0.25, 0.3) is 33.4 Å². The average molecular weight is 725 g/mol. The van der Waals surface area contributed by atoms with Gasteiger partial charge in [0, 0.05) is 18.7 Å². The molecule has 2 aliphatic heterocycles. The van der Waals surface area contributed by atoms with E-state index in [4.69, 9.17) is 19.4 Å². The van der Waals surface area contributed by atoms with E-state index in [9.17, 15) is 19.2 Å². The number of nitrogens with zero attached hydrogens (tertiary/aromatic N) is 4. The molecule has 0 radical (unpaired) electrons. The van der Waals surface area contributed by atoms with Gasteiger partial charge < -0.3 is 39.9 Å². The molecule has 2 saturated heterocycles. The summed E-state index contributed by atoms with van der Waals surface area (Å²) in [4.78, 5) is 71.3. The molecule has 2 aromatic carbocycles. The molecule has 0 spiro atoms. The number of carbonyl (C=O) groups is 4. The number of aromatic nitrogens is 4. The number of alkyl carbamates (subject to hydrolysis) is 2. The number of carbonyl (C=O) groups excluding carboxylic acids is 4. The number of H-pyrrole nitrogens is 2. The third-order valence-electron chi connectivity index (χ3n) is 10.2. The van der Waals surface area contributed by atoms with Gasteiger partial charge in [0.05, 0.1) is 43.2 Å². The largest absolute Gasteiger partial charge is 0.453 e. The zero-order valence-corrected chi connectivity index (χ0v) is 31.1. The molecular formula is C39H48N8O6. The first-order valence-corrected chi connectivity index (χ1v) is 18.0. The number of nitrogens with one attached hydrogen (secondary N) is 4. The summed E-state index contributed by atoms with van der Waals surface area (Å²) in [5, 5.41) is 5.38. The van der Waals surface area contributed by atoms with E-state index in [1.807, 2.05) is 64.1 Å². The standard InChI is InChI=1S/C39H48N8O6/c1-21(2)31(44-38(50)52-6)36(48)46-16-9-12-30(46)34-40-20-29(43-34)26-11-8-10-24(18-26)25-13-14-27-28(19-25)42-35(41-27)33-23(5)15-17-47(33)37(49)32(22(3)4)45-39(51)53-7/h8,10-11,13-14,18-22,30-33H,5,9,12,15-17H2,1-4,6-7H3,(H,40,43)(H,41,42)(H,44,50)(H,45,51). The van der Waals surface area contributed by atoms with Gasteiger partial charge in [-0.05, 0) is 66.0 Å². The van der Waals surface area contributed by atoms with Gasteiger partial charge in [0.1, 0.15) is 29.8 Å². The van der Waals surface area contributed by atoms with Crippen molar-refractivity contribution >= 4 is 35.0 Å². The summed E-state index contributed by atoms with van der Waals surface area (Å²) in [6.07, 6.45) is 2.72. The van der Waals surface area contributed by atoms with Crippen LogP contribution in [0.3, 0.4) is 0 Å². The van der Waals surface area contributed by atoms with Gasteiger partial charge in [-0.1, -0.05) is 58.5 Å². The van der Waals surface area contributed by atoms with Gasteiger partial charge in [-0.15, -0.1) is 0 Å². The maximum atomic E-state index is 13.7. The van der Waals surface area contributed by atoms with Gasteiger partial charge in [-0.2, -0.15) is 0 Å². The van der Waals surface area contributed by atoms with Crippen molar-refractivity contribution in [1.29, 1.82) is 0 Å². The Hall–Kier alpha value is -5.66. The molecule has 53 heavy (non-hydrogen) atoms. The van der Waals surface area contributed by atoms with Crippen LogP contribution >= 0.6 is 0 Å². The van der Waals surface area contributed by atoms with Crippen molar-refractivity contribution in [2.45, 2.75) is 71.1 Å². The van der Waals surface area contributed by atoms with Gasteiger partial charge in [0.25, 0.3) is 0 Å². The second kappa shape index (κ2) is 15.5. The Balaban J connectivity index is 1.22. The summed E-state index contributed by atoms with van der Waals surface area (Å²) >= 11 is 0. The third kappa shape index (κ3) is 7.62. The average Bonchev–Trinajstić information content (AvgIpc) is 3.97. The molecule has 4 amide bonds. The molecule has 0 aliphatic carbocycles. The smallest absolute Gasteiger partial charge is 0.407 e.